The molecule has 0 aromatic rings. The zero-order valence-electron chi connectivity index (χ0n) is 22.1. The van der Waals surface area contributed by atoms with E-state index in [1.807, 2.05) is 11.8 Å². The number of rotatable bonds is 19. The first-order valence-electron chi connectivity index (χ1n) is 13.7. The summed E-state index contributed by atoms with van der Waals surface area (Å²) < 4.78 is 0. The molecule has 192 valence electrons. The molecule has 0 aromatic carbocycles. The first-order chi connectivity index (χ1) is 15.8. The Bertz CT molecular complexity index is 571. The van der Waals surface area contributed by atoms with E-state index in [1.165, 1.54) is 64.2 Å². The molecule has 1 aliphatic rings. The second kappa shape index (κ2) is 17.6. The number of thioether (sulfide) groups is 1. The summed E-state index contributed by atoms with van der Waals surface area (Å²) in [4.78, 5) is 22.6. The van der Waals surface area contributed by atoms with Crippen molar-refractivity contribution in [2.45, 2.75) is 130 Å². The van der Waals surface area contributed by atoms with Crippen LogP contribution in [0.2, 0.25) is 0 Å². The fourth-order valence-electron chi connectivity index (χ4n) is 6.03. The number of carbonyl (C=O) groups excluding carboxylic acids is 1. The Morgan fingerprint density at radius 2 is 1.67 bits per heavy atom. The highest BCUT2D eigenvalue weighted by Gasteiger charge is 2.44. The standard InChI is InChI=1S/C29H52O3S/c1-24(2)27-18-17-25(3)22-29(27,23-28(31)32)19-13-9-7-5-6-8-10-14-20-33-21-15-11-12-16-26(4)30/h14,20,24-25,27H,5-13,15-19,21-23H2,1-4H3,(H,31,32)/b20-14-/t25-,27-,29+/m0/s1. The van der Waals surface area contributed by atoms with E-state index in [1.54, 1.807) is 6.92 Å². The highest BCUT2D eigenvalue weighted by Crippen LogP contribution is 2.52. The summed E-state index contributed by atoms with van der Waals surface area (Å²) in [5, 5.41) is 11.9. The molecule has 0 saturated heterocycles. The fourth-order valence-corrected chi connectivity index (χ4v) is 6.80. The van der Waals surface area contributed by atoms with Crippen molar-refractivity contribution in [3.63, 3.8) is 0 Å². The number of carboxylic acids is 1. The highest BCUT2D eigenvalue weighted by atomic mass is 32.2. The maximum absolute atomic E-state index is 11.7. The largest absolute Gasteiger partial charge is 0.481 e. The van der Waals surface area contributed by atoms with Gasteiger partial charge in [-0.25, -0.2) is 0 Å². The van der Waals surface area contributed by atoms with Crippen LogP contribution in [0, 0.1) is 23.2 Å². The average molecular weight is 481 g/mol. The van der Waals surface area contributed by atoms with Crippen molar-refractivity contribution in [2.24, 2.45) is 23.2 Å². The summed E-state index contributed by atoms with van der Waals surface area (Å²) in [7, 11) is 0. The van der Waals surface area contributed by atoms with Gasteiger partial charge in [0.15, 0.2) is 0 Å². The Balaban J connectivity index is 2.14. The monoisotopic (exact) mass is 480 g/mol. The van der Waals surface area contributed by atoms with Gasteiger partial charge in [0, 0.05) is 6.42 Å². The molecule has 1 fully saturated rings. The lowest BCUT2D eigenvalue weighted by Gasteiger charge is -2.48. The van der Waals surface area contributed by atoms with Crippen LogP contribution < -0.4 is 0 Å². The smallest absolute Gasteiger partial charge is 0.303 e. The van der Waals surface area contributed by atoms with Crippen molar-refractivity contribution < 1.29 is 14.7 Å². The van der Waals surface area contributed by atoms with Crippen LogP contribution in [-0.4, -0.2) is 22.6 Å². The van der Waals surface area contributed by atoms with E-state index in [-0.39, 0.29) is 5.41 Å². The number of allylic oxidation sites excluding steroid dienone is 1. The van der Waals surface area contributed by atoms with Gasteiger partial charge in [0.1, 0.15) is 5.78 Å². The van der Waals surface area contributed by atoms with Gasteiger partial charge < -0.3 is 9.90 Å². The van der Waals surface area contributed by atoms with Crippen molar-refractivity contribution in [1.29, 1.82) is 0 Å². The maximum Gasteiger partial charge on any atom is 0.303 e. The van der Waals surface area contributed by atoms with E-state index in [0.29, 0.717) is 30.0 Å². The predicted molar refractivity (Wildman–Crippen MR) is 144 cm³/mol. The SMILES string of the molecule is CC(=O)CCCCCS/C=C\CCCCCCCC[C@]1(CC(=O)O)C[C@@H](C)CC[C@H]1C(C)C. The van der Waals surface area contributed by atoms with Crippen molar-refractivity contribution in [3.05, 3.63) is 11.5 Å². The van der Waals surface area contributed by atoms with Crippen LogP contribution in [0.5, 0.6) is 0 Å². The van der Waals surface area contributed by atoms with E-state index >= 15 is 0 Å². The molecule has 3 nitrogen and oxygen atoms in total. The molecule has 0 aliphatic heterocycles. The molecule has 0 spiro atoms. The molecule has 3 atom stereocenters. The number of aliphatic carboxylic acids is 1. The topological polar surface area (TPSA) is 54.4 Å². The zero-order chi connectivity index (χ0) is 24.5. The van der Waals surface area contributed by atoms with Crippen LogP contribution in [0.25, 0.3) is 0 Å². The second-order valence-corrected chi connectivity index (χ2v) is 12.1. The van der Waals surface area contributed by atoms with E-state index in [9.17, 15) is 14.7 Å². The summed E-state index contributed by atoms with van der Waals surface area (Å²) in [6.45, 7) is 8.58. The third kappa shape index (κ3) is 13.6. The predicted octanol–water partition coefficient (Wildman–Crippen LogP) is 9.06. The minimum atomic E-state index is -0.603. The van der Waals surface area contributed by atoms with Gasteiger partial charge in [-0.05, 0) is 86.2 Å². The van der Waals surface area contributed by atoms with Crippen molar-refractivity contribution >= 4 is 23.5 Å². The van der Waals surface area contributed by atoms with Gasteiger partial charge in [-0.3, -0.25) is 4.79 Å². The van der Waals surface area contributed by atoms with Crippen molar-refractivity contribution in [3.8, 4) is 0 Å². The van der Waals surface area contributed by atoms with Crippen LogP contribution in [0.3, 0.4) is 0 Å². The lowest BCUT2D eigenvalue weighted by atomic mass is 9.56. The number of ketones is 1. The average Bonchev–Trinajstić information content (AvgIpc) is 2.72. The molecule has 0 bridgehead atoms. The zero-order valence-corrected chi connectivity index (χ0v) is 22.9. The summed E-state index contributed by atoms with van der Waals surface area (Å²) in [6.07, 6.45) is 20.2. The van der Waals surface area contributed by atoms with E-state index in [0.717, 1.165) is 37.9 Å². The van der Waals surface area contributed by atoms with Crippen LogP contribution in [0.4, 0.5) is 0 Å². The number of carbonyl (C=O) groups is 2. The number of unbranched alkanes of at least 4 members (excludes halogenated alkanes) is 8. The van der Waals surface area contributed by atoms with Crippen LogP contribution in [0.1, 0.15) is 130 Å². The van der Waals surface area contributed by atoms with E-state index in [2.05, 4.69) is 32.3 Å². The lowest BCUT2D eigenvalue weighted by Crippen LogP contribution is -2.41. The number of hydrogen-bond acceptors (Lipinski definition) is 3. The third-order valence-corrected chi connectivity index (χ3v) is 8.51. The summed E-state index contributed by atoms with van der Waals surface area (Å²) in [6, 6.07) is 0. The van der Waals surface area contributed by atoms with Crippen LogP contribution in [0.15, 0.2) is 11.5 Å². The normalized spacial score (nSPS) is 23.4. The molecular formula is C29H52O3S. The Morgan fingerprint density at radius 3 is 2.33 bits per heavy atom. The highest BCUT2D eigenvalue weighted by molar-refractivity contribution is 8.02. The number of carboxylic acid groups (broad SMARTS) is 1. The van der Waals surface area contributed by atoms with Crippen molar-refractivity contribution in [2.75, 3.05) is 5.75 Å². The lowest BCUT2D eigenvalue weighted by molar-refractivity contribution is -0.143. The molecule has 1 saturated carbocycles. The molecule has 0 unspecified atom stereocenters. The minimum absolute atomic E-state index is 0.0214. The summed E-state index contributed by atoms with van der Waals surface area (Å²) in [5.74, 6) is 2.67. The van der Waals surface area contributed by atoms with Crippen molar-refractivity contribution in [1.82, 2.24) is 0 Å². The Kier molecular flexibility index (Phi) is 16.2. The Hall–Kier alpha value is -0.770. The molecule has 1 rings (SSSR count). The summed E-state index contributed by atoms with van der Waals surface area (Å²) in [5.41, 5.74) is 0.0214. The van der Waals surface area contributed by atoms with Gasteiger partial charge in [-0.2, -0.15) is 0 Å². The molecule has 0 heterocycles. The van der Waals surface area contributed by atoms with Crippen LogP contribution in [-0.2, 0) is 9.59 Å². The van der Waals surface area contributed by atoms with Gasteiger partial charge in [-0.15, -0.1) is 11.8 Å². The van der Waals surface area contributed by atoms with E-state index in [4.69, 9.17) is 0 Å². The molecular weight excluding hydrogens is 428 g/mol. The quantitative estimate of drug-likeness (QED) is 0.187. The number of hydrogen-bond donors (Lipinski definition) is 1. The van der Waals surface area contributed by atoms with Gasteiger partial charge in [-0.1, -0.05) is 71.8 Å². The summed E-state index contributed by atoms with van der Waals surface area (Å²) >= 11 is 1.90. The van der Waals surface area contributed by atoms with Gasteiger partial charge in [0.25, 0.3) is 0 Å². The van der Waals surface area contributed by atoms with Gasteiger partial charge in [0.2, 0.25) is 0 Å². The molecule has 33 heavy (non-hydrogen) atoms. The third-order valence-electron chi connectivity index (χ3n) is 7.60. The van der Waals surface area contributed by atoms with E-state index < -0.39 is 5.97 Å². The fraction of sp³-hybridized carbons (Fsp3) is 0.862. The Labute approximate surface area is 209 Å². The molecule has 1 aliphatic carbocycles. The maximum atomic E-state index is 11.7. The second-order valence-electron chi connectivity index (χ2n) is 11.1. The Morgan fingerprint density at radius 1 is 1.00 bits per heavy atom. The van der Waals surface area contributed by atoms with Crippen LogP contribution >= 0.6 is 11.8 Å². The minimum Gasteiger partial charge on any atom is -0.481 e. The number of Topliss-reactive ketones (excluding diaryl/α,β-unsaturated/α-hetero) is 1. The van der Waals surface area contributed by atoms with Gasteiger partial charge in [0.05, 0.1) is 6.42 Å². The molecule has 0 amide bonds. The first kappa shape index (κ1) is 30.3. The molecule has 0 aromatic heterocycles. The first-order valence-corrected chi connectivity index (χ1v) is 14.8. The molecule has 4 heteroatoms. The molecule has 1 N–H and O–H groups in total. The van der Waals surface area contributed by atoms with Gasteiger partial charge >= 0.3 is 5.97 Å². The molecule has 0 radical (unpaired) electrons.